The fourth-order valence-corrected chi connectivity index (χ4v) is 3.01. The Morgan fingerprint density at radius 1 is 0.769 bits per heavy atom. The van der Waals surface area contributed by atoms with Crippen LogP contribution in [0.25, 0.3) is 22.4 Å². The van der Waals surface area contributed by atoms with E-state index in [9.17, 15) is 0 Å². The molecule has 0 aliphatic heterocycles. The maximum absolute atomic E-state index is 5.32. The predicted octanol–water partition coefficient (Wildman–Crippen LogP) is 4.43. The fourth-order valence-electron chi connectivity index (χ4n) is 3.01. The average molecular weight is 341 g/mol. The summed E-state index contributed by atoms with van der Waals surface area (Å²) in [5.74, 6) is 0.630. The van der Waals surface area contributed by atoms with Gasteiger partial charge in [0.15, 0.2) is 5.82 Å². The molecule has 0 N–H and O–H groups in total. The van der Waals surface area contributed by atoms with E-state index < -0.39 is 0 Å². The Hall–Kier alpha value is -3.11. The molecule has 128 valence electrons. The first kappa shape index (κ1) is 16.4. The lowest BCUT2D eigenvalue weighted by atomic mass is 10.1. The van der Waals surface area contributed by atoms with Crippen LogP contribution >= 0.6 is 0 Å². The lowest BCUT2D eigenvalue weighted by Gasteiger charge is -2.09. The van der Waals surface area contributed by atoms with Gasteiger partial charge in [0.05, 0.1) is 17.8 Å². The number of hydrogen-bond acceptors (Lipinski definition) is 4. The lowest BCUT2D eigenvalue weighted by Crippen LogP contribution is -2.01. The average Bonchev–Trinajstić information content (AvgIpc) is 2.69. The van der Waals surface area contributed by atoms with Crippen molar-refractivity contribution in [3.05, 3.63) is 89.7 Å². The summed E-state index contributed by atoms with van der Waals surface area (Å²) in [5.41, 5.74) is 4.79. The van der Waals surface area contributed by atoms with Gasteiger partial charge in [0.25, 0.3) is 0 Å². The SMILES string of the molecule is COCc1nc(-c2cccc(Cc3ccccc3)n2)nc2ccccc12. The summed E-state index contributed by atoms with van der Waals surface area (Å²) in [6, 6.07) is 24.3. The normalized spacial score (nSPS) is 11.0. The van der Waals surface area contributed by atoms with E-state index >= 15 is 0 Å². The van der Waals surface area contributed by atoms with Crippen LogP contribution in [0.15, 0.2) is 72.8 Å². The van der Waals surface area contributed by atoms with E-state index in [1.807, 2.05) is 60.7 Å². The monoisotopic (exact) mass is 341 g/mol. The van der Waals surface area contributed by atoms with Gasteiger partial charge in [-0.1, -0.05) is 54.6 Å². The number of nitrogens with zero attached hydrogens (tertiary/aromatic N) is 3. The molecule has 0 spiro atoms. The summed E-state index contributed by atoms with van der Waals surface area (Å²) in [4.78, 5) is 14.2. The van der Waals surface area contributed by atoms with E-state index in [-0.39, 0.29) is 0 Å². The summed E-state index contributed by atoms with van der Waals surface area (Å²) in [6.45, 7) is 0.444. The van der Waals surface area contributed by atoms with Crippen molar-refractivity contribution in [2.24, 2.45) is 0 Å². The molecule has 0 radical (unpaired) electrons. The molecule has 0 aliphatic carbocycles. The second-order valence-electron chi connectivity index (χ2n) is 6.12. The van der Waals surface area contributed by atoms with Gasteiger partial charge in [0.2, 0.25) is 0 Å². The minimum Gasteiger partial charge on any atom is -0.378 e. The Morgan fingerprint density at radius 3 is 2.42 bits per heavy atom. The third kappa shape index (κ3) is 3.46. The summed E-state index contributed by atoms with van der Waals surface area (Å²) < 4.78 is 5.32. The van der Waals surface area contributed by atoms with E-state index in [1.54, 1.807) is 7.11 Å². The molecule has 4 rings (SSSR count). The first-order valence-electron chi connectivity index (χ1n) is 8.58. The molecule has 0 amide bonds. The van der Waals surface area contributed by atoms with Crippen LogP contribution in [0.1, 0.15) is 17.0 Å². The molecule has 0 saturated heterocycles. The highest BCUT2D eigenvalue weighted by Crippen LogP contribution is 2.21. The Morgan fingerprint density at radius 2 is 1.58 bits per heavy atom. The largest absolute Gasteiger partial charge is 0.378 e. The first-order valence-corrected chi connectivity index (χ1v) is 8.58. The lowest BCUT2D eigenvalue weighted by molar-refractivity contribution is 0.182. The Balaban J connectivity index is 1.74. The highest BCUT2D eigenvalue weighted by molar-refractivity contribution is 5.82. The molecule has 0 atom stereocenters. The molecular formula is C22H19N3O. The number of aromatic nitrogens is 3. The van der Waals surface area contributed by atoms with Gasteiger partial charge in [-0.15, -0.1) is 0 Å². The van der Waals surface area contributed by atoms with Gasteiger partial charge >= 0.3 is 0 Å². The summed E-state index contributed by atoms with van der Waals surface area (Å²) >= 11 is 0. The summed E-state index contributed by atoms with van der Waals surface area (Å²) in [5, 5.41) is 1.01. The molecule has 0 bridgehead atoms. The molecule has 26 heavy (non-hydrogen) atoms. The summed E-state index contributed by atoms with van der Waals surface area (Å²) in [7, 11) is 1.68. The zero-order valence-corrected chi connectivity index (χ0v) is 14.6. The number of para-hydroxylation sites is 1. The molecule has 0 saturated carbocycles. The highest BCUT2D eigenvalue weighted by atomic mass is 16.5. The van der Waals surface area contributed by atoms with Crippen LogP contribution in [0.2, 0.25) is 0 Å². The minimum absolute atomic E-state index is 0.444. The molecule has 0 fully saturated rings. The second kappa shape index (κ2) is 7.42. The molecule has 4 nitrogen and oxygen atoms in total. The van der Waals surface area contributed by atoms with Crippen LogP contribution in [0, 0.1) is 0 Å². The maximum Gasteiger partial charge on any atom is 0.179 e. The van der Waals surface area contributed by atoms with E-state index in [2.05, 4.69) is 12.1 Å². The Bertz CT molecular complexity index is 1030. The molecule has 0 aliphatic rings. The van der Waals surface area contributed by atoms with Crippen LogP contribution in [0.5, 0.6) is 0 Å². The molecule has 2 aromatic heterocycles. The quantitative estimate of drug-likeness (QED) is 0.539. The zero-order chi connectivity index (χ0) is 17.8. The molecule has 2 heterocycles. The van der Waals surface area contributed by atoms with Crippen LogP contribution in [-0.4, -0.2) is 22.1 Å². The van der Waals surface area contributed by atoms with Gasteiger partial charge in [-0.2, -0.15) is 0 Å². The van der Waals surface area contributed by atoms with Crippen molar-refractivity contribution >= 4 is 10.9 Å². The molecular weight excluding hydrogens is 322 g/mol. The highest BCUT2D eigenvalue weighted by Gasteiger charge is 2.11. The molecule has 4 heteroatoms. The standard InChI is InChI=1S/C22H19N3O/c1-26-15-21-18-11-5-6-12-19(18)24-22(25-21)20-13-7-10-17(23-20)14-16-8-3-2-4-9-16/h2-13H,14-15H2,1H3. The van der Waals surface area contributed by atoms with E-state index in [0.29, 0.717) is 12.4 Å². The van der Waals surface area contributed by atoms with Crippen LogP contribution in [0.4, 0.5) is 0 Å². The van der Waals surface area contributed by atoms with Crippen molar-refractivity contribution in [2.45, 2.75) is 13.0 Å². The number of benzene rings is 2. The maximum atomic E-state index is 5.32. The topological polar surface area (TPSA) is 47.9 Å². The first-order chi connectivity index (χ1) is 12.8. The summed E-state index contributed by atoms with van der Waals surface area (Å²) in [6.07, 6.45) is 0.785. The van der Waals surface area contributed by atoms with Gasteiger partial charge in [-0.3, -0.25) is 0 Å². The molecule has 0 unspecified atom stereocenters. The fraction of sp³-hybridized carbons (Fsp3) is 0.136. The van der Waals surface area contributed by atoms with Gasteiger partial charge < -0.3 is 4.74 Å². The van der Waals surface area contributed by atoms with Crippen LogP contribution in [-0.2, 0) is 17.8 Å². The predicted molar refractivity (Wildman–Crippen MR) is 103 cm³/mol. The van der Waals surface area contributed by atoms with Gasteiger partial charge in [0, 0.05) is 24.6 Å². The third-order valence-corrected chi connectivity index (χ3v) is 4.23. The van der Waals surface area contributed by atoms with E-state index in [4.69, 9.17) is 19.7 Å². The number of hydrogen-bond donors (Lipinski definition) is 0. The zero-order valence-electron chi connectivity index (χ0n) is 14.6. The molecule has 2 aromatic carbocycles. The van der Waals surface area contributed by atoms with Crippen molar-refractivity contribution in [1.29, 1.82) is 0 Å². The van der Waals surface area contributed by atoms with Gasteiger partial charge in [0.1, 0.15) is 5.69 Å². The van der Waals surface area contributed by atoms with E-state index in [0.717, 1.165) is 34.4 Å². The number of fused-ring (bicyclic) bond motifs is 1. The van der Waals surface area contributed by atoms with E-state index in [1.165, 1.54) is 5.56 Å². The Kier molecular flexibility index (Phi) is 4.67. The smallest absolute Gasteiger partial charge is 0.179 e. The number of methoxy groups -OCH3 is 1. The van der Waals surface area contributed by atoms with Crippen LogP contribution in [0.3, 0.4) is 0 Å². The van der Waals surface area contributed by atoms with Crippen molar-refractivity contribution in [3.8, 4) is 11.5 Å². The van der Waals surface area contributed by atoms with Gasteiger partial charge in [-0.25, -0.2) is 15.0 Å². The Labute approximate surface area is 152 Å². The van der Waals surface area contributed by atoms with Crippen LogP contribution < -0.4 is 0 Å². The van der Waals surface area contributed by atoms with Crippen molar-refractivity contribution in [3.63, 3.8) is 0 Å². The van der Waals surface area contributed by atoms with Gasteiger partial charge in [-0.05, 0) is 23.8 Å². The van der Waals surface area contributed by atoms with Crippen molar-refractivity contribution in [2.75, 3.05) is 7.11 Å². The third-order valence-electron chi connectivity index (χ3n) is 4.23. The van der Waals surface area contributed by atoms with Crippen molar-refractivity contribution in [1.82, 2.24) is 15.0 Å². The van der Waals surface area contributed by atoms with Crippen molar-refractivity contribution < 1.29 is 4.74 Å². The number of ether oxygens (including phenoxy) is 1. The number of rotatable bonds is 5. The second-order valence-corrected chi connectivity index (χ2v) is 6.12. The minimum atomic E-state index is 0.444. The molecule has 4 aromatic rings. The number of pyridine rings is 1.